The molecule has 0 fully saturated rings. The Morgan fingerprint density at radius 3 is 2.32 bits per heavy atom. The standard InChI is InChI=1S/C16H13ClN4O/c17-11-14(22)18-16-19-15(12-7-3-1-4-8-12)20-21(16)13-9-5-2-6-10-13/h1-10H,11H2,(H,18,19,20,22). The molecule has 0 aliphatic carbocycles. The zero-order valence-electron chi connectivity index (χ0n) is 11.6. The SMILES string of the molecule is O=C(CCl)Nc1nc(-c2ccccc2)nn1-c1ccccc1. The van der Waals surface area contributed by atoms with Gasteiger partial charge < -0.3 is 0 Å². The molecule has 0 atom stereocenters. The van der Waals surface area contributed by atoms with Crippen LogP contribution in [0.25, 0.3) is 17.1 Å². The van der Waals surface area contributed by atoms with Gasteiger partial charge >= 0.3 is 0 Å². The van der Waals surface area contributed by atoms with E-state index in [1.807, 2.05) is 60.7 Å². The van der Waals surface area contributed by atoms with E-state index in [1.54, 1.807) is 4.68 Å². The van der Waals surface area contributed by atoms with Crippen molar-refractivity contribution >= 4 is 23.5 Å². The van der Waals surface area contributed by atoms with E-state index in [0.717, 1.165) is 11.3 Å². The molecule has 0 radical (unpaired) electrons. The highest BCUT2D eigenvalue weighted by atomic mass is 35.5. The van der Waals surface area contributed by atoms with Gasteiger partial charge in [-0.05, 0) is 12.1 Å². The first-order valence-electron chi connectivity index (χ1n) is 6.71. The van der Waals surface area contributed by atoms with E-state index in [9.17, 15) is 4.79 Å². The van der Waals surface area contributed by atoms with Gasteiger partial charge in [0.05, 0.1) is 5.69 Å². The van der Waals surface area contributed by atoms with E-state index < -0.39 is 0 Å². The van der Waals surface area contributed by atoms with Crippen LogP contribution in [0.15, 0.2) is 60.7 Å². The summed E-state index contributed by atoms with van der Waals surface area (Å²) in [5.74, 6) is 0.415. The summed E-state index contributed by atoms with van der Waals surface area (Å²) in [6, 6.07) is 19.1. The summed E-state index contributed by atoms with van der Waals surface area (Å²) in [4.78, 5) is 16.0. The Morgan fingerprint density at radius 2 is 1.68 bits per heavy atom. The molecule has 1 aromatic heterocycles. The Labute approximate surface area is 132 Å². The number of halogens is 1. The fourth-order valence-electron chi connectivity index (χ4n) is 2.01. The van der Waals surface area contributed by atoms with Crippen molar-refractivity contribution in [2.75, 3.05) is 11.2 Å². The predicted molar refractivity (Wildman–Crippen MR) is 86.1 cm³/mol. The van der Waals surface area contributed by atoms with Crippen molar-refractivity contribution in [1.29, 1.82) is 0 Å². The predicted octanol–water partition coefficient (Wildman–Crippen LogP) is 3.11. The number of para-hydroxylation sites is 1. The minimum Gasteiger partial charge on any atom is -0.293 e. The fraction of sp³-hybridized carbons (Fsp3) is 0.0625. The van der Waals surface area contributed by atoms with Crippen LogP contribution >= 0.6 is 11.6 Å². The summed E-state index contributed by atoms with van der Waals surface area (Å²) in [6.07, 6.45) is 0. The summed E-state index contributed by atoms with van der Waals surface area (Å²) >= 11 is 5.55. The van der Waals surface area contributed by atoms with Gasteiger partial charge in [0.25, 0.3) is 0 Å². The van der Waals surface area contributed by atoms with Crippen LogP contribution in [0.2, 0.25) is 0 Å². The number of nitrogens with one attached hydrogen (secondary N) is 1. The fourth-order valence-corrected chi connectivity index (χ4v) is 2.08. The van der Waals surface area contributed by atoms with Gasteiger partial charge in [-0.25, -0.2) is 0 Å². The second-order valence-corrected chi connectivity index (χ2v) is 4.82. The van der Waals surface area contributed by atoms with Gasteiger partial charge in [-0.2, -0.15) is 9.67 Å². The molecule has 22 heavy (non-hydrogen) atoms. The number of nitrogens with zero attached hydrogens (tertiary/aromatic N) is 3. The largest absolute Gasteiger partial charge is 0.293 e. The second kappa shape index (κ2) is 6.41. The van der Waals surface area contributed by atoms with Crippen molar-refractivity contribution in [3.8, 4) is 17.1 Å². The highest BCUT2D eigenvalue weighted by molar-refractivity contribution is 6.28. The first-order chi connectivity index (χ1) is 10.8. The van der Waals surface area contributed by atoms with E-state index in [2.05, 4.69) is 15.4 Å². The molecule has 0 spiro atoms. The maximum absolute atomic E-state index is 11.6. The van der Waals surface area contributed by atoms with E-state index in [4.69, 9.17) is 11.6 Å². The van der Waals surface area contributed by atoms with Gasteiger partial charge in [0.15, 0.2) is 5.82 Å². The molecule has 3 aromatic rings. The van der Waals surface area contributed by atoms with Crippen molar-refractivity contribution in [3.05, 3.63) is 60.7 Å². The average molecular weight is 313 g/mol. The molecule has 110 valence electrons. The van der Waals surface area contributed by atoms with Crippen LogP contribution in [-0.2, 0) is 4.79 Å². The molecule has 0 aliphatic heterocycles. The van der Waals surface area contributed by atoms with Crippen molar-refractivity contribution in [3.63, 3.8) is 0 Å². The van der Waals surface area contributed by atoms with Crippen LogP contribution in [0, 0.1) is 0 Å². The molecule has 0 saturated heterocycles. The molecule has 5 nitrogen and oxygen atoms in total. The van der Waals surface area contributed by atoms with Crippen LogP contribution in [-0.4, -0.2) is 26.6 Å². The second-order valence-electron chi connectivity index (χ2n) is 4.55. The molecule has 3 rings (SSSR count). The third kappa shape index (κ3) is 2.99. The lowest BCUT2D eigenvalue weighted by molar-refractivity contribution is -0.114. The Bertz CT molecular complexity index is 771. The number of alkyl halides is 1. The molecular formula is C16H13ClN4O. The number of hydrogen-bond donors (Lipinski definition) is 1. The monoisotopic (exact) mass is 312 g/mol. The van der Waals surface area contributed by atoms with Gasteiger partial charge in [-0.3, -0.25) is 10.1 Å². The Morgan fingerprint density at radius 1 is 1.05 bits per heavy atom. The number of amides is 1. The highest BCUT2D eigenvalue weighted by Crippen LogP contribution is 2.20. The van der Waals surface area contributed by atoms with Crippen LogP contribution in [0.3, 0.4) is 0 Å². The quantitative estimate of drug-likeness (QED) is 0.753. The first-order valence-corrected chi connectivity index (χ1v) is 7.25. The Balaban J connectivity index is 2.07. The topological polar surface area (TPSA) is 59.8 Å². The number of carbonyl (C=O) groups excluding carboxylic acids is 1. The van der Waals surface area contributed by atoms with Gasteiger partial charge in [-0.1, -0.05) is 48.5 Å². The summed E-state index contributed by atoms with van der Waals surface area (Å²) in [6.45, 7) is 0. The third-order valence-corrected chi connectivity index (χ3v) is 3.26. The lowest BCUT2D eigenvalue weighted by Crippen LogP contribution is -2.16. The van der Waals surface area contributed by atoms with Crippen LogP contribution in [0.5, 0.6) is 0 Å². The van der Waals surface area contributed by atoms with Gasteiger partial charge in [-0.15, -0.1) is 16.7 Å². The number of aromatic nitrogens is 3. The van der Waals surface area contributed by atoms with Crippen LogP contribution < -0.4 is 5.32 Å². The number of benzene rings is 2. The van der Waals surface area contributed by atoms with Crippen LogP contribution in [0.1, 0.15) is 0 Å². The minimum atomic E-state index is -0.328. The van der Waals surface area contributed by atoms with Crippen molar-refractivity contribution in [1.82, 2.24) is 14.8 Å². The molecule has 1 amide bonds. The molecule has 2 aromatic carbocycles. The molecule has 1 N–H and O–H groups in total. The van der Waals surface area contributed by atoms with Crippen molar-refractivity contribution in [2.24, 2.45) is 0 Å². The number of hydrogen-bond acceptors (Lipinski definition) is 3. The van der Waals surface area contributed by atoms with Crippen LogP contribution in [0.4, 0.5) is 5.95 Å². The summed E-state index contributed by atoms with van der Waals surface area (Å²) in [5, 5.41) is 7.15. The maximum atomic E-state index is 11.6. The molecule has 0 aliphatic rings. The molecule has 0 saturated carbocycles. The third-order valence-electron chi connectivity index (χ3n) is 3.01. The van der Waals surface area contributed by atoms with Gasteiger partial charge in [0, 0.05) is 5.56 Å². The van der Waals surface area contributed by atoms with E-state index in [-0.39, 0.29) is 11.8 Å². The zero-order chi connectivity index (χ0) is 15.4. The van der Waals surface area contributed by atoms with Gasteiger partial charge in [0.2, 0.25) is 11.9 Å². The molecule has 6 heteroatoms. The normalized spacial score (nSPS) is 10.4. The van der Waals surface area contributed by atoms with E-state index in [0.29, 0.717) is 11.8 Å². The number of anilines is 1. The molecular weight excluding hydrogens is 300 g/mol. The molecule has 1 heterocycles. The summed E-state index contributed by atoms with van der Waals surface area (Å²) in [5.41, 5.74) is 1.68. The summed E-state index contributed by atoms with van der Waals surface area (Å²) in [7, 11) is 0. The Kier molecular flexibility index (Phi) is 4.16. The van der Waals surface area contributed by atoms with E-state index in [1.165, 1.54) is 0 Å². The maximum Gasteiger partial charge on any atom is 0.241 e. The smallest absolute Gasteiger partial charge is 0.241 e. The lowest BCUT2D eigenvalue weighted by Gasteiger charge is -2.05. The number of rotatable bonds is 4. The Hall–Kier alpha value is -2.66. The first kappa shape index (κ1) is 14.3. The number of carbonyl (C=O) groups is 1. The average Bonchev–Trinajstić information content (AvgIpc) is 3.00. The van der Waals surface area contributed by atoms with E-state index >= 15 is 0 Å². The highest BCUT2D eigenvalue weighted by Gasteiger charge is 2.14. The molecule has 0 unspecified atom stereocenters. The minimum absolute atomic E-state index is 0.137. The molecule has 0 bridgehead atoms. The summed E-state index contributed by atoms with van der Waals surface area (Å²) < 4.78 is 1.59. The lowest BCUT2D eigenvalue weighted by atomic mass is 10.2. The van der Waals surface area contributed by atoms with Crippen molar-refractivity contribution in [2.45, 2.75) is 0 Å². The zero-order valence-corrected chi connectivity index (χ0v) is 12.4. The van der Waals surface area contributed by atoms with Crippen molar-refractivity contribution < 1.29 is 4.79 Å². The van der Waals surface area contributed by atoms with Gasteiger partial charge in [0.1, 0.15) is 5.88 Å².